The van der Waals surface area contributed by atoms with Crippen molar-refractivity contribution >= 4 is 22.4 Å². The quantitative estimate of drug-likeness (QED) is 0.484. The van der Waals surface area contributed by atoms with E-state index >= 15 is 0 Å². The van der Waals surface area contributed by atoms with Crippen LogP contribution >= 0.6 is 11.3 Å². The van der Waals surface area contributed by atoms with E-state index in [0.29, 0.717) is 0 Å². The minimum Gasteiger partial charge on any atom is -0.479 e. The van der Waals surface area contributed by atoms with E-state index in [2.05, 4.69) is 47.6 Å². The second-order valence-electron chi connectivity index (χ2n) is 5.99. The highest BCUT2D eigenvalue weighted by molar-refractivity contribution is 7.10. The monoisotopic (exact) mass is 330 g/mol. The van der Waals surface area contributed by atoms with Crippen molar-refractivity contribution < 1.29 is 4.74 Å². The number of aromatic nitrogens is 2. The fourth-order valence-electron chi connectivity index (χ4n) is 3.21. The fourth-order valence-corrected chi connectivity index (χ4v) is 3.98. The zero-order valence-electron chi connectivity index (χ0n) is 13.1. The molecule has 4 heterocycles. The molecule has 116 valence electrons. The van der Waals surface area contributed by atoms with E-state index in [4.69, 9.17) is 9.72 Å². The summed E-state index contributed by atoms with van der Waals surface area (Å²) in [5.74, 6) is 0.884. The Balaban J connectivity index is 1.84. The van der Waals surface area contributed by atoms with E-state index in [1.165, 1.54) is 10.4 Å². The lowest BCUT2D eigenvalue weighted by Gasteiger charge is -2.28. The lowest BCUT2D eigenvalue weighted by molar-refractivity contribution is 0.247. The normalized spacial score (nSPS) is 15.6. The largest absolute Gasteiger partial charge is 0.479 e. The summed E-state index contributed by atoms with van der Waals surface area (Å²) >= 11 is 1.71. The molecule has 3 nitrogen and oxygen atoms in total. The van der Waals surface area contributed by atoms with Gasteiger partial charge in [0.2, 0.25) is 0 Å². The van der Waals surface area contributed by atoms with Gasteiger partial charge < -0.3 is 4.74 Å². The average molecular weight is 330 g/mol. The molecule has 0 saturated carbocycles. The van der Waals surface area contributed by atoms with Crippen molar-refractivity contribution in [2.24, 2.45) is 0 Å². The van der Waals surface area contributed by atoms with E-state index in [0.717, 1.165) is 33.6 Å². The Morgan fingerprint density at radius 3 is 2.92 bits per heavy atom. The molecule has 0 saturated heterocycles. The van der Waals surface area contributed by atoms with Crippen molar-refractivity contribution in [1.29, 1.82) is 0 Å². The number of nitrogens with zero attached hydrogens (tertiary/aromatic N) is 2. The number of pyridine rings is 2. The van der Waals surface area contributed by atoms with Crippen LogP contribution in [0.2, 0.25) is 0 Å². The molecular weight excluding hydrogens is 316 g/mol. The van der Waals surface area contributed by atoms with Gasteiger partial charge >= 0.3 is 0 Å². The Hall–Kier alpha value is -2.72. The van der Waals surface area contributed by atoms with Gasteiger partial charge in [-0.05, 0) is 48.7 Å². The first-order valence-electron chi connectivity index (χ1n) is 7.86. The molecule has 1 aromatic carbocycles. The first kappa shape index (κ1) is 13.7. The minimum atomic E-state index is -0.118. The van der Waals surface area contributed by atoms with Crippen molar-refractivity contribution in [3.05, 3.63) is 76.1 Å². The predicted molar refractivity (Wildman–Crippen MR) is 96.5 cm³/mol. The van der Waals surface area contributed by atoms with Crippen molar-refractivity contribution in [3.63, 3.8) is 0 Å². The van der Waals surface area contributed by atoms with Crippen LogP contribution < -0.4 is 4.74 Å². The van der Waals surface area contributed by atoms with Crippen LogP contribution in [-0.2, 0) is 0 Å². The Morgan fingerprint density at radius 1 is 1.08 bits per heavy atom. The van der Waals surface area contributed by atoms with Crippen LogP contribution in [0.15, 0.2) is 60.1 Å². The van der Waals surface area contributed by atoms with Crippen molar-refractivity contribution in [1.82, 2.24) is 9.97 Å². The summed E-state index contributed by atoms with van der Waals surface area (Å²) in [4.78, 5) is 10.5. The molecule has 1 aliphatic heterocycles. The molecule has 24 heavy (non-hydrogen) atoms. The molecule has 1 aliphatic rings. The second-order valence-corrected chi connectivity index (χ2v) is 6.97. The number of rotatable bonds is 1. The standard InChI is InChI=1S/C20H14N2OS/c1-12-6-7-16-14(10-12)18-15(19(23-16)17-5-3-9-24-17)11-13-4-2-8-21-20(13)22-18/h2-11,19H,1H3. The molecule has 4 heteroatoms. The smallest absolute Gasteiger partial charge is 0.160 e. The summed E-state index contributed by atoms with van der Waals surface area (Å²) in [6.45, 7) is 2.09. The highest BCUT2D eigenvalue weighted by Gasteiger charge is 2.29. The number of ether oxygens (including phenoxy) is 1. The first-order chi connectivity index (χ1) is 11.8. The Kier molecular flexibility index (Phi) is 2.94. The van der Waals surface area contributed by atoms with Gasteiger partial charge in [-0.15, -0.1) is 11.3 Å². The van der Waals surface area contributed by atoms with Gasteiger partial charge in [-0.1, -0.05) is 17.7 Å². The van der Waals surface area contributed by atoms with Gasteiger partial charge in [0.15, 0.2) is 11.8 Å². The third-order valence-corrected chi connectivity index (χ3v) is 5.25. The molecule has 0 fully saturated rings. The van der Waals surface area contributed by atoms with Gasteiger partial charge in [0.1, 0.15) is 5.75 Å². The Bertz CT molecular complexity index is 1060. The third kappa shape index (κ3) is 2.03. The number of hydrogen-bond acceptors (Lipinski definition) is 4. The summed E-state index contributed by atoms with van der Waals surface area (Å²) in [6.07, 6.45) is 1.67. The topological polar surface area (TPSA) is 35.0 Å². The molecule has 1 atom stereocenters. The maximum absolute atomic E-state index is 6.36. The molecule has 0 radical (unpaired) electrons. The number of aryl methyl sites for hydroxylation is 1. The summed E-state index contributed by atoms with van der Waals surface area (Å²) in [7, 11) is 0. The van der Waals surface area contributed by atoms with Crippen molar-refractivity contribution in [2.45, 2.75) is 13.0 Å². The van der Waals surface area contributed by atoms with E-state index < -0.39 is 0 Å². The molecule has 0 amide bonds. The van der Waals surface area contributed by atoms with Crippen LogP contribution in [0, 0.1) is 6.92 Å². The maximum Gasteiger partial charge on any atom is 0.160 e. The molecular formula is C20H14N2OS. The van der Waals surface area contributed by atoms with Gasteiger partial charge in [0.05, 0.1) is 5.69 Å². The number of fused-ring (bicyclic) bond motifs is 4. The molecule has 0 N–H and O–H groups in total. The zero-order valence-corrected chi connectivity index (χ0v) is 13.9. The van der Waals surface area contributed by atoms with Gasteiger partial charge in [-0.3, -0.25) is 0 Å². The van der Waals surface area contributed by atoms with E-state index in [1.54, 1.807) is 17.5 Å². The average Bonchev–Trinajstić information content (AvgIpc) is 3.14. The van der Waals surface area contributed by atoms with Crippen LogP contribution in [-0.4, -0.2) is 9.97 Å². The summed E-state index contributed by atoms with van der Waals surface area (Å²) in [5, 5.41) is 3.12. The Morgan fingerprint density at radius 2 is 2.04 bits per heavy atom. The first-order valence-corrected chi connectivity index (χ1v) is 8.74. The summed E-state index contributed by atoms with van der Waals surface area (Å²) in [5.41, 5.74) is 5.10. The van der Waals surface area contributed by atoms with Crippen LogP contribution in [0.25, 0.3) is 22.3 Å². The van der Waals surface area contributed by atoms with Gasteiger partial charge in [-0.25, -0.2) is 9.97 Å². The van der Waals surface area contributed by atoms with Crippen LogP contribution in [0.4, 0.5) is 0 Å². The highest BCUT2D eigenvalue weighted by Crippen LogP contribution is 2.45. The van der Waals surface area contributed by atoms with Crippen LogP contribution in [0.1, 0.15) is 22.1 Å². The van der Waals surface area contributed by atoms with Gasteiger partial charge in [0.25, 0.3) is 0 Å². The molecule has 1 unspecified atom stereocenters. The van der Waals surface area contributed by atoms with Gasteiger partial charge in [0, 0.05) is 27.6 Å². The number of benzene rings is 1. The van der Waals surface area contributed by atoms with Crippen LogP contribution in [0.5, 0.6) is 5.75 Å². The van der Waals surface area contributed by atoms with E-state index in [1.807, 2.05) is 18.2 Å². The van der Waals surface area contributed by atoms with Crippen LogP contribution in [0.3, 0.4) is 0 Å². The predicted octanol–water partition coefficient (Wildman–Crippen LogP) is 5.15. The van der Waals surface area contributed by atoms with Crippen molar-refractivity contribution in [2.75, 3.05) is 0 Å². The lowest BCUT2D eigenvalue weighted by atomic mass is 9.94. The number of hydrogen-bond donors (Lipinski definition) is 0. The molecule has 4 aromatic rings. The summed E-state index contributed by atoms with van der Waals surface area (Å²) < 4.78 is 6.36. The fraction of sp³-hybridized carbons (Fsp3) is 0.100. The van der Waals surface area contributed by atoms with Gasteiger partial charge in [-0.2, -0.15) is 0 Å². The molecule has 5 rings (SSSR count). The molecule has 3 aromatic heterocycles. The Labute approximate surface area is 143 Å². The highest BCUT2D eigenvalue weighted by atomic mass is 32.1. The van der Waals surface area contributed by atoms with E-state index in [9.17, 15) is 0 Å². The van der Waals surface area contributed by atoms with E-state index in [-0.39, 0.29) is 6.10 Å². The second kappa shape index (κ2) is 5.14. The minimum absolute atomic E-state index is 0.118. The molecule has 0 bridgehead atoms. The third-order valence-electron chi connectivity index (χ3n) is 4.34. The summed E-state index contributed by atoms with van der Waals surface area (Å²) in [6, 6.07) is 16.6. The lowest BCUT2D eigenvalue weighted by Crippen LogP contribution is -2.15. The molecule has 0 spiro atoms. The number of thiophene rings is 1. The SMILES string of the molecule is Cc1ccc2c(c1)-c1nc3ncccc3cc1C(c1cccs1)O2. The molecule has 0 aliphatic carbocycles. The van der Waals surface area contributed by atoms with Crippen molar-refractivity contribution in [3.8, 4) is 17.0 Å². The zero-order chi connectivity index (χ0) is 16.1. The maximum atomic E-state index is 6.36.